The second kappa shape index (κ2) is 7.18. The van der Waals surface area contributed by atoms with Gasteiger partial charge in [0.05, 0.1) is 11.0 Å². The highest BCUT2D eigenvalue weighted by molar-refractivity contribution is 6.20. The number of furan rings is 1. The quantitative estimate of drug-likeness (QED) is 0.220. The normalized spacial score (nSPS) is 14.1. The molecule has 0 spiro atoms. The van der Waals surface area contributed by atoms with Gasteiger partial charge in [0.15, 0.2) is 0 Å². The first-order chi connectivity index (χ1) is 19.1. The van der Waals surface area contributed by atoms with Crippen LogP contribution in [0.1, 0.15) is 25.0 Å². The van der Waals surface area contributed by atoms with Crippen molar-refractivity contribution in [2.45, 2.75) is 19.3 Å². The molecule has 9 rings (SSSR count). The van der Waals surface area contributed by atoms with E-state index >= 15 is 0 Å². The lowest BCUT2D eigenvalue weighted by molar-refractivity contribution is 0.666. The van der Waals surface area contributed by atoms with Gasteiger partial charge in [-0.25, -0.2) is 0 Å². The van der Waals surface area contributed by atoms with E-state index in [1.807, 2.05) is 12.1 Å². The zero-order chi connectivity index (χ0) is 25.9. The Bertz CT molecular complexity index is 2310. The maximum atomic E-state index is 6.31. The summed E-state index contributed by atoms with van der Waals surface area (Å²) in [5.74, 6) is 0. The molecule has 0 radical (unpaired) electrons. The summed E-state index contributed by atoms with van der Waals surface area (Å²) in [4.78, 5) is 0. The van der Waals surface area contributed by atoms with Crippen molar-refractivity contribution in [3.63, 3.8) is 0 Å². The standard InChI is InChI=1S/C37H25NO/c1-37(2)31-12-6-3-9-23(31)27-17-20-30-28(35(27)37)18-19-29-24-10-4-7-13-32(24)38(36(29)30)22-15-16-26-25-11-5-8-14-33(25)39-34(26)21-22/h3-21H,1-2H3. The minimum absolute atomic E-state index is 0.0663. The highest BCUT2D eigenvalue weighted by Crippen LogP contribution is 2.52. The number of hydrogen-bond acceptors (Lipinski definition) is 1. The summed E-state index contributed by atoms with van der Waals surface area (Å²) < 4.78 is 8.74. The third-order valence-electron chi connectivity index (χ3n) is 8.97. The van der Waals surface area contributed by atoms with Crippen LogP contribution in [-0.4, -0.2) is 4.57 Å². The van der Waals surface area contributed by atoms with Crippen LogP contribution >= 0.6 is 0 Å². The Morgan fingerprint density at radius 3 is 2.13 bits per heavy atom. The highest BCUT2D eigenvalue weighted by Gasteiger charge is 2.37. The molecular weight excluding hydrogens is 474 g/mol. The number of rotatable bonds is 1. The van der Waals surface area contributed by atoms with E-state index in [0.29, 0.717) is 0 Å². The first-order valence-corrected chi connectivity index (χ1v) is 13.6. The molecule has 184 valence electrons. The first-order valence-electron chi connectivity index (χ1n) is 13.6. The Hall–Kier alpha value is -4.82. The molecule has 0 amide bonds. The molecule has 1 aliphatic rings. The summed E-state index contributed by atoms with van der Waals surface area (Å²) in [6.45, 7) is 4.73. The molecule has 2 aromatic heterocycles. The average Bonchev–Trinajstić information content (AvgIpc) is 3.59. The molecular formula is C37H25NO. The van der Waals surface area contributed by atoms with Crippen LogP contribution in [0.5, 0.6) is 0 Å². The SMILES string of the molecule is CC1(C)c2ccccc2-c2ccc3c(ccc4c5ccccc5n(-c5ccc6c(c5)oc5ccccc56)c34)c21. The lowest BCUT2D eigenvalue weighted by Gasteiger charge is -2.23. The molecule has 8 aromatic rings. The largest absolute Gasteiger partial charge is 0.456 e. The van der Waals surface area contributed by atoms with Gasteiger partial charge < -0.3 is 8.98 Å². The van der Waals surface area contributed by atoms with E-state index in [1.165, 1.54) is 54.8 Å². The maximum Gasteiger partial charge on any atom is 0.137 e. The van der Waals surface area contributed by atoms with E-state index in [1.54, 1.807) is 0 Å². The molecule has 0 atom stereocenters. The Morgan fingerprint density at radius 2 is 1.21 bits per heavy atom. The maximum absolute atomic E-state index is 6.31. The zero-order valence-corrected chi connectivity index (χ0v) is 21.8. The fourth-order valence-electron chi connectivity index (χ4n) is 7.28. The van der Waals surface area contributed by atoms with E-state index in [4.69, 9.17) is 4.42 Å². The van der Waals surface area contributed by atoms with Crippen molar-refractivity contribution >= 4 is 54.5 Å². The second-order valence-electron chi connectivity index (χ2n) is 11.3. The van der Waals surface area contributed by atoms with Crippen LogP contribution in [-0.2, 0) is 5.41 Å². The molecule has 1 aliphatic carbocycles. The van der Waals surface area contributed by atoms with E-state index in [0.717, 1.165) is 27.6 Å². The first kappa shape index (κ1) is 21.2. The van der Waals surface area contributed by atoms with Crippen molar-refractivity contribution in [1.82, 2.24) is 4.57 Å². The van der Waals surface area contributed by atoms with Crippen molar-refractivity contribution in [3.8, 4) is 16.8 Å². The van der Waals surface area contributed by atoms with Crippen LogP contribution in [0.15, 0.2) is 120 Å². The van der Waals surface area contributed by atoms with E-state index in [2.05, 4.69) is 122 Å². The molecule has 0 N–H and O–H groups in total. The predicted octanol–water partition coefficient (Wildman–Crippen LogP) is 10.1. The number of fused-ring (bicyclic) bond motifs is 12. The van der Waals surface area contributed by atoms with Gasteiger partial charge in [-0.05, 0) is 51.9 Å². The number of hydrogen-bond donors (Lipinski definition) is 0. The number of nitrogens with zero attached hydrogens (tertiary/aromatic N) is 1. The molecule has 0 fully saturated rings. The minimum Gasteiger partial charge on any atom is -0.456 e. The van der Waals surface area contributed by atoms with Gasteiger partial charge in [-0.2, -0.15) is 0 Å². The van der Waals surface area contributed by atoms with E-state index in [-0.39, 0.29) is 5.41 Å². The number of aromatic nitrogens is 1. The van der Waals surface area contributed by atoms with Gasteiger partial charge in [-0.15, -0.1) is 0 Å². The van der Waals surface area contributed by atoms with Gasteiger partial charge in [-0.3, -0.25) is 0 Å². The van der Waals surface area contributed by atoms with Crippen LogP contribution in [0, 0.1) is 0 Å². The van der Waals surface area contributed by atoms with E-state index < -0.39 is 0 Å². The molecule has 39 heavy (non-hydrogen) atoms. The van der Waals surface area contributed by atoms with E-state index in [9.17, 15) is 0 Å². The Balaban J connectivity index is 1.41. The van der Waals surface area contributed by atoms with Gasteiger partial charge in [0, 0.05) is 44.1 Å². The lowest BCUT2D eigenvalue weighted by atomic mass is 9.80. The fourth-order valence-corrected chi connectivity index (χ4v) is 7.28. The summed E-state index contributed by atoms with van der Waals surface area (Å²) >= 11 is 0. The van der Waals surface area contributed by atoms with Gasteiger partial charge in [0.25, 0.3) is 0 Å². The molecule has 0 aliphatic heterocycles. The molecule has 2 heterocycles. The smallest absolute Gasteiger partial charge is 0.137 e. The predicted molar refractivity (Wildman–Crippen MR) is 163 cm³/mol. The number of para-hydroxylation sites is 2. The van der Waals surface area contributed by atoms with Gasteiger partial charge in [0.1, 0.15) is 11.2 Å². The lowest BCUT2D eigenvalue weighted by Crippen LogP contribution is -2.15. The summed E-state index contributed by atoms with van der Waals surface area (Å²) in [7, 11) is 0. The molecule has 2 heteroatoms. The van der Waals surface area contributed by atoms with Crippen molar-refractivity contribution < 1.29 is 4.42 Å². The fraction of sp³-hybridized carbons (Fsp3) is 0.0811. The molecule has 2 nitrogen and oxygen atoms in total. The monoisotopic (exact) mass is 499 g/mol. The Kier molecular flexibility index (Phi) is 3.89. The van der Waals surface area contributed by atoms with Gasteiger partial charge in [0.2, 0.25) is 0 Å². The topological polar surface area (TPSA) is 18.1 Å². The third-order valence-corrected chi connectivity index (χ3v) is 8.97. The highest BCUT2D eigenvalue weighted by atomic mass is 16.3. The summed E-state index contributed by atoms with van der Waals surface area (Å²) in [6.07, 6.45) is 0. The second-order valence-corrected chi connectivity index (χ2v) is 11.3. The Morgan fingerprint density at radius 1 is 0.538 bits per heavy atom. The average molecular weight is 500 g/mol. The van der Waals surface area contributed by atoms with Crippen LogP contribution in [0.4, 0.5) is 0 Å². The van der Waals surface area contributed by atoms with Crippen LogP contribution in [0.25, 0.3) is 71.3 Å². The van der Waals surface area contributed by atoms with Crippen molar-refractivity contribution in [2.75, 3.05) is 0 Å². The summed E-state index contributed by atoms with van der Waals surface area (Å²) in [5.41, 5.74) is 10.9. The summed E-state index contributed by atoms with van der Waals surface area (Å²) in [6, 6.07) is 41.9. The summed E-state index contributed by atoms with van der Waals surface area (Å²) in [5, 5.41) is 7.46. The number of benzene rings is 6. The molecule has 0 unspecified atom stereocenters. The van der Waals surface area contributed by atoms with Gasteiger partial charge >= 0.3 is 0 Å². The third kappa shape index (κ3) is 2.61. The van der Waals surface area contributed by atoms with Crippen molar-refractivity contribution in [1.29, 1.82) is 0 Å². The molecule has 0 saturated heterocycles. The zero-order valence-electron chi connectivity index (χ0n) is 21.8. The molecule has 6 aromatic carbocycles. The molecule has 0 saturated carbocycles. The van der Waals surface area contributed by atoms with Crippen LogP contribution < -0.4 is 0 Å². The van der Waals surface area contributed by atoms with Crippen molar-refractivity contribution in [3.05, 3.63) is 126 Å². The van der Waals surface area contributed by atoms with Crippen LogP contribution in [0.3, 0.4) is 0 Å². The minimum atomic E-state index is -0.0663. The molecule has 0 bridgehead atoms. The van der Waals surface area contributed by atoms with Crippen LogP contribution in [0.2, 0.25) is 0 Å². The van der Waals surface area contributed by atoms with Crippen molar-refractivity contribution in [2.24, 2.45) is 0 Å². The van der Waals surface area contributed by atoms with Gasteiger partial charge in [-0.1, -0.05) is 98.8 Å². The Labute approximate surface area is 225 Å².